The molecule has 1 amide bonds. The van der Waals surface area contributed by atoms with Crippen molar-refractivity contribution in [3.8, 4) is 10.6 Å². The van der Waals surface area contributed by atoms with Crippen LogP contribution in [0.25, 0.3) is 10.6 Å². The molecule has 3 rings (SSSR count). The van der Waals surface area contributed by atoms with Gasteiger partial charge >= 0.3 is 0 Å². The Kier molecular flexibility index (Phi) is 4.76. The Hall–Kier alpha value is -1.43. The molecule has 0 unspecified atom stereocenters. The maximum absolute atomic E-state index is 12.5. The van der Waals surface area contributed by atoms with Crippen LogP contribution in [0.15, 0.2) is 29.6 Å². The second-order valence-corrected chi connectivity index (χ2v) is 6.81. The summed E-state index contributed by atoms with van der Waals surface area (Å²) in [7, 11) is 0. The average Bonchev–Trinajstić information content (AvgIpc) is 3.04. The van der Waals surface area contributed by atoms with Crippen molar-refractivity contribution >= 4 is 28.8 Å². The lowest BCUT2D eigenvalue weighted by atomic mass is 9.97. The minimum absolute atomic E-state index is 0.0139. The van der Waals surface area contributed by atoms with Gasteiger partial charge in [0, 0.05) is 29.1 Å². The van der Waals surface area contributed by atoms with E-state index in [0.717, 1.165) is 36.5 Å². The number of piperidine rings is 1. The van der Waals surface area contributed by atoms with Crippen LogP contribution in [0.5, 0.6) is 0 Å². The van der Waals surface area contributed by atoms with E-state index in [9.17, 15) is 4.79 Å². The molecule has 1 aliphatic heterocycles. The molecule has 0 spiro atoms. The summed E-state index contributed by atoms with van der Waals surface area (Å²) in [5.74, 6) is 0.557. The molecule has 0 radical (unpaired) electrons. The molecule has 1 saturated heterocycles. The molecule has 0 bridgehead atoms. The number of thiazole rings is 1. The maximum atomic E-state index is 12.5. The van der Waals surface area contributed by atoms with Gasteiger partial charge in [-0.15, -0.1) is 11.3 Å². The van der Waals surface area contributed by atoms with E-state index in [1.165, 1.54) is 11.3 Å². The normalized spacial score (nSPS) is 16.0. The molecule has 1 aromatic heterocycles. The third kappa shape index (κ3) is 3.32. The fourth-order valence-electron chi connectivity index (χ4n) is 2.66. The van der Waals surface area contributed by atoms with Crippen LogP contribution < -0.4 is 5.73 Å². The predicted octanol–water partition coefficient (Wildman–Crippen LogP) is 3.27. The van der Waals surface area contributed by atoms with Crippen LogP contribution in [-0.4, -0.2) is 35.4 Å². The minimum atomic E-state index is 0.0139. The Balaban J connectivity index is 1.72. The first-order valence-electron chi connectivity index (χ1n) is 7.38. The van der Waals surface area contributed by atoms with E-state index in [-0.39, 0.29) is 5.91 Å². The predicted molar refractivity (Wildman–Crippen MR) is 90.2 cm³/mol. The molecule has 22 heavy (non-hydrogen) atoms. The average molecular weight is 336 g/mol. The lowest BCUT2D eigenvalue weighted by Crippen LogP contribution is -2.40. The number of amides is 1. The quantitative estimate of drug-likeness (QED) is 0.936. The number of hydrogen-bond acceptors (Lipinski definition) is 4. The van der Waals surface area contributed by atoms with Crippen LogP contribution in [0.3, 0.4) is 0 Å². The summed E-state index contributed by atoms with van der Waals surface area (Å²) in [5, 5.41) is 3.32. The first-order chi connectivity index (χ1) is 10.7. The van der Waals surface area contributed by atoms with Gasteiger partial charge in [0.05, 0.1) is 0 Å². The summed E-state index contributed by atoms with van der Waals surface area (Å²) in [4.78, 5) is 18.9. The summed E-state index contributed by atoms with van der Waals surface area (Å²) in [6, 6.07) is 7.53. The third-order valence-corrected chi connectivity index (χ3v) is 5.16. The molecule has 0 aliphatic carbocycles. The molecule has 116 valence electrons. The van der Waals surface area contributed by atoms with E-state index in [2.05, 4.69) is 4.98 Å². The second kappa shape index (κ2) is 6.77. The molecule has 4 nitrogen and oxygen atoms in total. The Morgan fingerprint density at radius 3 is 2.86 bits per heavy atom. The van der Waals surface area contributed by atoms with Crippen LogP contribution in [0.2, 0.25) is 5.02 Å². The van der Waals surface area contributed by atoms with Crippen molar-refractivity contribution in [2.75, 3.05) is 19.6 Å². The summed E-state index contributed by atoms with van der Waals surface area (Å²) in [6.07, 6.45) is 1.96. The van der Waals surface area contributed by atoms with E-state index in [1.54, 1.807) is 0 Å². The van der Waals surface area contributed by atoms with Gasteiger partial charge in [-0.1, -0.05) is 23.7 Å². The first-order valence-corrected chi connectivity index (χ1v) is 8.64. The summed E-state index contributed by atoms with van der Waals surface area (Å²) < 4.78 is 0. The summed E-state index contributed by atoms with van der Waals surface area (Å²) in [6.45, 7) is 2.24. The van der Waals surface area contributed by atoms with Gasteiger partial charge in [-0.3, -0.25) is 4.79 Å². The lowest BCUT2D eigenvalue weighted by molar-refractivity contribution is 0.0688. The number of carbonyl (C=O) groups is 1. The monoisotopic (exact) mass is 335 g/mol. The molecule has 2 N–H and O–H groups in total. The van der Waals surface area contributed by atoms with E-state index in [4.69, 9.17) is 17.3 Å². The number of aromatic nitrogens is 1. The number of nitrogens with zero attached hydrogens (tertiary/aromatic N) is 2. The van der Waals surface area contributed by atoms with E-state index < -0.39 is 0 Å². The molecular formula is C16H18ClN3OS. The summed E-state index contributed by atoms with van der Waals surface area (Å²) in [5.41, 5.74) is 7.15. The number of hydrogen-bond donors (Lipinski definition) is 1. The highest BCUT2D eigenvalue weighted by atomic mass is 35.5. The SMILES string of the molecule is NCC1CCN(C(=O)c2csc(-c3cccc(Cl)c3)n2)CC1. The maximum Gasteiger partial charge on any atom is 0.273 e. The van der Waals surface area contributed by atoms with Gasteiger partial charge in [0.25, 0.3) is 5.91 Å². The lowest BCUT2D eigenvalue weighted by Gasteiger charge is -2.30. The highest BCUT2D eigenvalue weighted by molar-refractivity contribution is 7.13. The number of likely N-dealkylation sites (tertiary alicyclic amines) is 1. The van der Waals surface area contributed by atoms with Gasteiger partial charge in [-0.05, 0) is 37.4 Å². The van der Waals surface area contributed by atoms with Gasteiger partial charge in [-0.25, -0.2) is 4.98 Å². The smallest absolute Gasteiger partial charge is 0.273 e. The fourth-order valence-corrected chi connectivity index (χ4v) is 3.64. The van der Waals surface area contributed by atoms with Gasteiger partial charge < -0.3 is 10.6 Å². The fraction of sp³-hybridized carbons (Fsp3) is 0.375. The van der Waals surface area contributed by atoms with Crippen LogP contribution in [0, 0.1) is 5.92 Å². The largest absolute Gasteiger partial charge is 0.337 e. The molecule has 1 fully saturated rings. The molecule has 0 atom stereocenters. The zero-order valence-corrected chi connectivity index (χ0v) is 13.7. The Labute approximate surface area is 138 Å². The van der Waals surface area contributed by atoms with Crippen LogP contribution in [-0.2, 0) is 0 Å². The van der Waals surface area contributed by atoms with E-state index >= 15 is 0 Å². The molecule has 6 heteroatoms. The molecule has 0 saturated carbocycles. The molecule has 2 heterocycles. The van der Waals surface area contributed by atoms with Crippen molar-refractivity contribution in [2.24, 2.45) is 11.7 Å². The van der Waals surface area contributed by atoms with Gasteiger partial charge in [0.1, 0.15) is 10.7 Å². The Bertz CT molecular complexity index is 665. The van der Waals surface area contributed by atoms with Gasteiger partial charge in [0.2, 0.25) is 0 Å². The van der Waals surface area contributed by atoms with E-state index in [0.29, 0.717) is 23.2 Å². The van der Waals surface area contributed by atoms with Crippen molar-refractivity contribution in [3.63, 3.8) is 0 Å². The highest BCUT2D eigenvalue weighted by Crippen LogP contribution is 2.27. The number of carbonyl (C=O) groups excluding carboxylic acids is 1. The van der Waals surface area contributed by atoms with E-state index in [1.807, 2.05) is 34.5 Å². The Morgan fingerprint density at radius 1 is 1.41 bits per heavy atom. The van der Waals surface area contributed by atoms with Crippen LogP contribution in [0.4, 0.5) is 0 Å². The first kappa shape index (κ1) is 15.5. The number of halogens is 1. The summed E-state index contributed by atoms with van der Waals surface area (Å²) >= 11 is 7.48. The van der Waals surface area contributed by atoms with Crippen LogP contribution >= 0.6 is 22.9 Å². The zero-order chi connectivity index (χ0) is 15.5. The topological polar surface area (TPSA) is 59.2 Å². The number of benzene rings is 1. The second-order valence-electron chi connectivity index (χ2n) is 5.52. The van der Waals surface area contributed by atoms with Crippen molar-refractivity contribution in [1.29, 1.82) is 0 Å². The van der Waals surface area contributed by atoms with Crippen molar-refractivity contribution < 1.29 is 4.79 Å². The van der Waals surface area contributed by atoms with Gasteiger partial charge in [0.15, 0.2) is 0 Å². The zero-order valence-electron chi connectivity index (χ0n) is 12.2. The van der Waals surface area contributed by atoms with Crippen molar-refractivity contribution in [3.05, 3.63) is 40.4 Å². The van der Waals surface area contributed by atoms with Crippen molar-refractivity contribution in [2.45, 2.75) is 12.8 Å². The third-order valence-electron chi connectivity index (χ3n) is 4.03. The minimum Gasteiger partial charge on any atom is -0.337 e. The molecule has 1 aliphatic rings. The highest BCUT2D eigenvalue weighted by Gasteiger charge is 2.24. The molecule has 1 aromatic carbocycles. The van der Waals surface area contributed by atoms with Gasteiger partial charge in [-0.2, -0.15) is 0 Å². The Morgan fingerprint density at radius 2 is 2.18 bits per heavy atom. The number of nitrogens with two attached hydrogens (primary N) is 1. The van der Waals surface area contributed by atoms with Crippen LogP contribution in [0.1, 0.15) is 23.3 Å². The molecular weight excluding hydrogens is 318 g/mol. The number of rotatable bonds is 3. The molecule has 2 aromatic rings. The standard InChI is InChI=1S/C16H18ClN3OS/c17-13-3-1-2-12(8-13)15-19-14(10-22-15)16(21)20-6-4-11(9-18)5-7-20/h1-3,8,10-11H,4-7,9,18H2. The van der Waals surface area contributed by atoms with Crippen molar-refractivity contribution in [1.82, 2.24) is 9.88 Å².